The van der Waals surface area contributed by atoms with Crippen molar-refractivity contribution in [3.63, 3.8) is 0 Å². The maximum atomic E-state index is 4.98. The Balaban J connectivity index is 0.000000108. The van der Waals surface area contributed by atoms with Crippen molar-refractivity contribution in [2.75, 3.05) is 0 Å². The third kappa shape index (κ3) is 14.9. The minimum atomic E-state index is 0.422. The predicted molar refractivity (Wildman–Crippen MR) is 551 cm³/mol. The molecule has 0 N–H and O–H groups in total. The van der Waals surface area contributed by atoms with Gasteiger partial charge < -0.3 is 0 Å². The van der Waals surface area contributed by atoms with Crippen molar-refractivity contribution >= 4 is 171 Å². The monoisotopic (exact) mass is 1730 g/mol. The Kier molecular flexibility index (Phi) is 19.3. The van der Waals surface area contributed by atoms with Crippen LogP contribution in [-0.2, 0) is 0 Å². The zero-order valence-electron chi connectivity index (χ0n) is 71.7. The van der Waals surface area contributed by atoms with Crippen LogP contribution in [-0.4, -0.2) is 121 Å². The first-order valence-corrected chi connectivity index (χ1v) is 44.2. The van der Waals surface area contributed by atoms with Gasteiger partial charge in [-0.2, -0.15) is 89.9 Å². The number of nitrogens with zero attached hydrogens (tertiary/aromatic N) is 21. The molecule has 0 aliphatic carbocycles. The molecular weight excluding hydrogens is 1660 g/mol. The fraction of sp³-hybridized carbons (Fsp3) is 0. The number of guanidine groups is 9. The molecule has 0 aromatic heterocycles. The second-order valence-corrected chi connectivity index (χ2v) is 32.7. The van der Waals surface area contributed by atoms with Crippen LogP contribution in [0.2, 0.25) is 0 Å². The molecule has 9 aliphatic heterocycles. The van der Waals surface area contributed by atoms with Crippen molar-refractivity contribution in [3.8, 4) is 33.4 Å². The molecule has 0 saturated carbocycles. The maximum Gasteiger partial charge on any atom is 0.243 e. The van der Waals surface area contributed by atoms with Crippen LogP contribution in [0.3, 0.4) is 0 Å². The SMILES string of the molecule is c1ccc(-c2ccc(C3=NC4=NC(c5ccc(-c6ccccc6)cc5)=NC5=NC(c6ccc(-c7ccccc7)cc6)=NC(=N3)N45)cc2)cc1.c1ccc2c(C3=NC4=NC(c5cccc6ccccc56)=NC5=NC(c6cccc7ccccc67)=NC(=N3)N45)cccc2c1.c1ccc2cc(C3=NC4=NC(c5ccc6ccccc6c5)=NC5=NC(c6ccc7ccccc7c6)=NC(=N3)N45)ccc2c1. The lowest BCUT2D eigenvalue weighted by Gasteiger charge is -2.30. The Bertz CT molecular complexity index is 7870. The van der Waals surface area contributed by atoms with Gasteiger partial charge >= 0.3 is 0 Å². The summed E-state index contributed by atoms with van der Waals surface area (Å²) >= 11 is 0. The molecule has 21 nitrogen and oxygen atoms in total. The van der Waals surface area contributed by atoms with Gasteiger partial charge in [-0.15, -0.1) is 0 Å². The summed E-state index contributed by atoms with van der Waals surface area (Å²) in [6.45, 7) is 0. The van der Waals surface area contributed by atoms with Gasteiger partial charge in [-0.1, -0.05) is 400 Å². The molecule has 0 bridgehead atoms. The maximum absolute atomic E-state index is 4.98. The van der Waals surface area contributed by atoms with Crippen molar-refractivity contribution in [3.05, 3.63) is 469 Å². The minimum Gasteiger partial charge on any atom is -0.213 e. The molecular formula is C114H69N21. The first-order valence-electron chi connectivity index (χ1n) is 44.2. The van der Waals surface area contributed by atoms with Crippen LogP contribution in [0.4, 0.5) is 0 Å². The van der Waals surface area contributed by atoms with E-state index < -0.39 is 0 Å². The summed E-state index contributed by atoms with van der Waals surface area (Å²) in [6, 6.07) is 142. The number of hydrogen-bond donors (Lipinski definition) is 0. The number of hydrogen-bond acceptors (Lipinski definition) is 21. The van der Waals surface area contributed by atoms with E-state index in [9.17, 15) is 0 Å². The standard InChI is InChI=1S/C42H27N7.2C36H21N7/c1-4-10-28(11-5-1)31-16-22-34(23-17-31)37-43-40-45-38(35-24-18-32(19-25-35)29-12-6-2-7-13-29)47-42-48-39(46-41(44-37)49(40)42)36-26-20-33(21-27-36)30-14-8-3-9-15-30;1-4-16-25-22(10-1)13-7-19-28(25)31-37-34-39-32(29-20-8-14-23-11-2-5-17-26(23)29)41-36-42-33(40-35(38-31)43(34)36)30-21-9-15-24-12-3-6-18-27(24)30;1-4-10-25-19-28(16-13-22(25)7-1)31-37-34-39-32(29-17-14-23-8-2-5-11-26(23)20-29)41-36-42-33(40-35(38-31)43(34)36)30-18-15-24-9-3-6-12-27(24)21-30/h1-27H;2*1-21H. The summed E-state index contributed by atoms with van der Waals surface area (Å²) < 4.78 is 0. The number of rotatable bonds is 12. The van der Waals surface area contributed by atoms with Gasteiger partial charge in [0.25, 0.3) is 0 Å². The summed E-state index contributed by atoms with van der Waals surface area (Å²) in [5.74, 6) is 8.70. The van der Waals surface area contributed by atoms with Crippen LogP contribution < -0.4 is 0 Å². The van der Waals surface area contributed by atoms with E-state index in [2.05, 4.69) is 200 Å². The molecule has 27 rings (SSSR count). The molecule has 630 valence electrons. The highest BCUT2D eigenvalue weighted by molar-refractivity contribution is 6.39. The van der Waals surface area contributed by atoms with E-state index in [-0.39, 0.29) is 0 Å². The van der Waals surface area contributed by atoms with Crippen molar-refractivity contribution in [2.45, 2.75) is 0 Å². The smallest absolute Gasteiger partial charge is 0.213 e. The van der Waals surface area contributed by atoms with Gasteiger partial charge in [-0.3, -0.25) is 0 Å². The van der Waals surface area contributed by atoms with Crippen LogP contribution in [0.1, 0.15) is 50.1 Å². The van der Waals surface area contributed by atoms with Gasteiger partial charge in [0.1, 0.15) is 0 Å². The van der Waals surface area contributed by atoms with Crippen LogP contribution >= 0.6 is 0 Å². The molecule has 0 unspecified atom stereocenters. The Hall–Kier alpha value is -19.0. The van der Waals surface area contributed by atoms with E-state index in [0.29, 0.717) is 106 Å². The molecule has 18 aromatic rings. The molecule has 0 radical (unpaired) electrons. The molecule has 0 spiro atoms. The second-order valence-electron chi connectivity index (χ2n) is 32.7. The summed E-state index contributed by atoms with van der Waals surface area (Å²) in [7, 11) is 0. The van der Waals surface area contributed by atoms with Crippen molar-refractivity contribution in [1.29, 1.82) is 0 Å². The van der Waals surface area contributed by atoms with Crippen molar-refractivity contribution in [2.24, 2.45) is 89.9 Å². The lowest BCUT2D eigenvalue weighted by Crippen LogP contribution is -2.48. The average molecular weight is 1730 g/mol. The van der Waals surface area contributed by atoms with Gasteiger partial charge in [-0.05, 0) is 116 Å². The molecule has 18 aromatic carbocycles. The van der Waals surface area contributed by atoms with Gasteiger partial charge in [-0.25, -0.2) is 14.7 Å². The molecule has 135 heavy (non-hydrogen) atoms. The second kappa shape index (κ2) is 33.2. The van der Waals surface area contributed by atoms with E-state index in [1.165, 1.54) is 0 Å². The number of aliphatic imine (C=N–C) groups is 18. The highest BCUT2D eigenvalue weighted by Crippen LogP contribution is 2.35. The predicted octanol–water partition coefficient (Wildman–Crippen LogP) is 23.1. The normalized spacial score (nSPS) is 15.4. The Morgan fingerprint density at radius 3 is 0.548 bits per heavy atom. The van der Waals surface area contributed by atoms with E-state index in [4.69, 9.17) is 89.9 Å². The zero-order chi connectivity index (χ0) is 89.2. The van der Waals surface area contributed by atoms with Crippen LogP contribution in [0.25, 0.3) is 98.0 Å². The van der Waals surface area contributed by atoms with E-state index in [1.54, 1.807) is 14.7 Å². The fourth-order valence-corrected chi connectivity index (χ4v) is 17.6. The topological polar surface area (TPSA) is 232 Å². The summed E-state index contributed by atoms with van der Waals surface area (Å²) in [5, 5.41) is 13.3. The first kappa shape index (κ1) is 78.3. The summed E-state index contributed by atoms with van der Waals surface area (Å²) in [5.41, 5.74) is 14.8. The molecule has 9 heterocycles. The number of fused-ring (bicyclic) bond motifs is 6. The molecule has 0 atom stereocenters. The fourth-order valence-electron chi connectivity index (χ4n) is 17.6. The summed E-state index contributed by atoms with van der Waals surface area (Å²) in [4.78, 5) is 94.1. The van der Waals surface area contributed by atoms with Gasteiger partial charge in [0.15, 0.2) is 52.5 Å². The third-order valence-corrected chi connectivity index (χ3v) is 24.4. The highest BCUT2D eigenvalue weighted by Gasteiger charge is 2.40. The molecule has 0 saturated heterocycles. The third-order valence-electron chi connectivity index (χ3n) is 24.4. The van der Waals surface area contributed by atoms with Crippen molar-refractivity contribution in [1.82, 2.24) is 14.7 Å². The first-order chi connectivity index (χ1) is 66.8. The largest absolute Gasteiger partial charge is 0.243 e. The van der Waals surface area contributed by atoms with Gasteiger partial charge in [0.05, 0.1) is 0 Å². The van der Waals surface area contributed by atoms with Crippen LogP contribution in [0.5, 0.6) is 0 Å². The molecule has 21 heteroatoms. The van der Waals surface area contributed by atoms with E-state index >= 15 is 0 Å². The lowest BCUT2D eigenvalue weighted by molar-refractivity contribution is 0.827. The lowest BCUT2D eigenvalue weighted by atomic mass is 10.0. The van der Waals surface area contributed by atoms with Gasteiger partial charge in [0.2, 0.25) is 53.6 Å². The minimum absolute atomic E-state index is 0.422. The van der Waals surface area contributed by atoms with Crippen LogP contribution in [0, 0.1) is 0 Å². The molecule has 9 aliphatic rings. The quantitative estimate of drug-likeness (QED) is 0.116. The Morgan fingerprint density at radius 1 is 0.111 bits per heavy atom. The summed E-state index contributed by atoms with van der Waals surface area (Å²) in [6.07, 6.45) is 0. The average Bonchev–Trinajstić information content (AvgIpc) is 0.737. The zero-order valence-corrected chi connectivity index (χ0v) is 71.7. The van der Waals surface area contributed by atoms with Gasteiger partial charge in [0, 0.05) is 50.1 Å². The Labute approximate surface area is 772 Å². The number of benzene rings is 18. The van der Waals surface area contributed by atoms with E-state index in [0.717, 1.165) is 148 Å². The van der Waals surface area contributed by atoms with Crippen LogP contribution in [0.15, 0.2) is 508 Å². The molecule has 0 fully saturated rings. The van der Waals surface area contributed by atoms with E-state index in [1.807, 2.05) is 218 Å². The van der Waals surface area contributed by atoms with Crippen molar-refractivity contribution < 1.29 is 0 Å². The number of amidine groups is 9. The molecule has 0 amide bonds. The Morgan fingerprint density at radius 2 is 0.289 bits per heavy atom. The highest BCUT2D eigenvalue weighted by atomic mass is 15.5.